The molecule has 0 saturated heterocycles. The second-order valence-electron chi connectivity index (χ2n) is 2.94. The molecular weight excluding hydrogens is 178 g/mol. The molecule has 2 aromatic heterocycles. The largest absolute Gasteiger partial charge is 0.331 e. The lowest BCUT2D eigenvalue weighted by molar-refractivity contribution is 0.891. The number of hydrogen-bond acceptors (Lipinski definition) is 4. The molecule has 5 heteroatoms. The minimum atomic E-state index is 0.417. The second-order valence-corrected chi connectivity index (χ2v) is 2.94. The zero-order valence-corrected chi connectivity index (χ0v) is 7.88. The van der Waals surface area contributed by atoms with E-state index in [-0.39, 0.29) is 0 Å². The molecule has 5 nitrogen and oxygen atoms in total. The van der Waals surface area contributed by atoms with Crippen molar-refractivity contribution in [2.75, 3.05) is 0 Å². The molecule has 0 atom stereocenters. The van der Waals surface area contributed by atoms with Crippen molar-refractivity contribution in [3.05, 3.63) is 30.4 Å². The summed E-state index contributed by atoms with van der Waals surface area (Å²) in [5.41, 5.74) is 6.31. The van der Waals surface area contributed by atoms with Gasteiger partial charge >= 0.3 is 0 Å². The van der Waals surface area contributed by atoms with Crippen molar-refractivity contribution in [2.24, 2.45) is 12.8 Å². The summed E-state index contributed by atoms with van der Waals surface area (Å²) in [5, 5.41) is 0. The molecule has 2 heterocycles. The maximum absolute atomic E-state index is 5.49. The summed E-state index contributed by atoms with van der Waals surface area (Å²) in [5.74, 6) is 1.36. The summed E-state index contributed by atoms with van der Waals surface area (Å²) >= 11 is 0. The van der Waals surface area contributed by atoms with Gasteiger partial charge in [-0.1, -0.05) is 0 Å². The van der Waals surface area contributed by atoms with Crippen molar-refractivity contribution in [3.63, 3.8) is 0 Å². The van der Waals surface area contributed by atoms with E-state index in [1.54, 1.807) is 18.5 Å². The summed E-state index contributed by atoms with van der Waals surface area (Å²) in [6.45, 7) is 0.417. The molecule has 0 unspecified atom stereocenters. The Bertz CT molecular complexity index is 434. The van der Waals surface area contributed by atoms with Crippen LogP contribution < -0.4 is 5.73 Å². The Morgan fingerprint density at radius 3 is 2.86 bits per heavy atom. The van der Waals surface area contributed by atoms with Crippen LogP contribution in [0.1, 0.15) is 5.69 Å². The number of imidazole rings is 1. The number of nitrogens with zero attached hydrogens (tertiary/aromatic N) is 4. The molecule has 0 fully saturated rings. The van der Waals surface area contributed by atoms with Crippen LogP contribution in [0.15, 0.2) is 24.7 Å². The highest BCUT2D eigenvalue weighted by Crippen LogP contribution is 2.10. The molecule has 0 saturated carbocycles. The lowest BCUT2D eigenvalue weighted by atomic mass is 10.4. The molecule has 0 spiro atoms. The van der Waals surface area contributed by atoms with E-state index < -0.39 is 0 Å². The van der Waals surface area contributed by atoms with E-state index in [4.69, 9.17) is 5.73 Å². The molecule has 0 aromatic carbocycles. The zero-order chi connectivity index (χ0) is 9.97. The normalized spacial score (nSPS) is 10.4. The maximum Gasteiger partial charge on any atom is 0.196 e. The number of aromatic nitrogens is 4. The Kier molecular flexibility index (Phi) is 2.24. The third-order valence-electron chi connectivity index (χ3n) is 1.94. The number of nitrogens with two attached hydrogens (primary N) is 1. The van der Waals surface area contributed by atoms with Gasteiger partial charge in [-0.05, 0) is 6.07 Å². The van der Waals surface area contributed by atoms with Gasteiger partial charge < -0.3 is 10.3 Å². The lowest BCUT2D eigenvalue weighted by Gasteiger charge is -2.01. The van der Waals surface area contributed by atoms with Gasteiger partial charge in [0.25, 0.3) is 0 Å². The Hall–Kier alpha value is -1.75. The number of aryl methyl sites for hydroxylation is 1. The summed E-state index contributed by atoms with van der Waals surface area (Å²) in [6.07, 6.45) is 5.26. The van der Waals surface area contributed by atoms with E-state index in [1.807, 2.05) is 17.8 Å². The molecule has 2 aromatic rings. The zero-order valence-electron chi connectivity index (χ0n) is 7.88. The van der Waals surface area contributed by atoms with Crippen LogP contribution in [-0.2, 0) is 13.6 Å². The average Bonchev–Trinajstić information content (AvgIpc) is 2.65. The van der Waals surface area contributed by atoms with Crippen LogP contribution in [0.5, 0.6) is 0 Å². The summed E-state index contributed by atoms with van der Waals surface area (Å²) in [6, 6.07) is 1.80. The topological polar surface area (TPSA) is 69.6 Å². The van der Waals surface area contributed by atoms with Crippen LogP contribution in [0, 0.1) is 0 Å². The molecule has 0 amide bonds. The van der Waals surface area contributed by atoms with Crippen LogP contribution >= 0.6 is 0 Å². The van der Waals surface area contributed by atoms with Crippen molar-refractivity contribution in [2.45, 2.75) is 6.54 Å². The van der Waals surface area contributed by atoms with Crippen molar-refractivity contribution in [1.82, 2.24) is 19.5 Å². The molecule has 0 bridgehead atoms. The quantitative estimate of drug-likeness (QED) is 0.739. The average molecular weight is 189 g/mol. The van der Waals surface area contributed by atoms with E-state index in [2.05, 4.69) is 15.0 Å². The predicted molar refractivity (Wildman–Crippen MR) is 52.1 cm³/mol. The molecular formula is C9H11N5. The fourth-order valence-corrected chi connectivity index (χ4v) is 1.20. The van der Waals surface area contributed by atoms with Gasteiger partial charge in [-0.2, -0.15) is 0 Å². The summed E-state index contributed by atoms with van der Waals surface area (Å²) < 4.78 is 1.87. The van der Waals surface area contributed by atoms with Gasteiger partial charge in [0.1, 0.15) is 0 Å². The van der Waals surface area contributed by atoms with Gasteiger partial charge in [0.05, 0.1) is 5.69 Å². The van der Waals surface area contributed by atoms with E-state index in [0.29, 0.717) is 12.4 Å². The minimum absolute atomic E-state index is 0.417. The first-order chi connectivity index (χ1) is 6.81. The van der Waals surface area contributed by atoms with Crippen molar-refractivity contribution >= 4 is 0 Å². The van der Waals surface area contributed by atoms with Crippen LogP contribution in [-0.4, -0.2) is 19.5 Å². The smallest absolute Gasteiger partial charge is 0.196 e. The summed E-state index contributed by atoms with van der Waals surface area (Å²) in [7, 11) is 1.90. The van der Waals surface area contributed by atoms with Crippen LogP contribution in [0.25, 0.3) is 11.6 Å². The van der Waals surface area contributed by atoms with Crippen molar-refractivity contribution < 1.29 is 0 Å². The minimum Gasteiger partial charge on any atom is -0.331 e. The molecule has 2 rings (SSSR count). The third-order valence-corrected chi connectivity index (χ3v) is 1.94. The molecule has 72 valence electrons. The Morgan fingerprint density at radius 2 is 2.21 bits per heavy atom. The molecule has 0 aliphatic rings. The first kappa shape index (κ1) is 8.83. The van der Waals surface area contributed by atoms with Crippen molar-refractivity contribution in [1.29, 1.82) is 0 Å². The fraction of sp³-hybridized carbons (Fsp3) is 0.222. The second kappa shape index (κ2) is 3.55. The van der Waals surface area contributed by atoms with Gasteiger partial charge in [0.2, 0.25) is 0 Å². The molecule has 0 radical (unpaired) electrons. The molecule has 2 N–H and O–H groups in total. The van der Waals surface area contributed by atoms with Gasteiger partial charge in [0.15, 0.2) is 11.6 Å². The van der Waals surface area contributed by atoms with Crippen LogP contribution in [0.3, 0.4) is 0 Å². The van der Waals surface area contributed by atoms with Gasteiger partial charge in [0, 0.05) is 32.2 Å². The Labute approximate surface area is 81.6 Å². The SMILES string of the molecule is Cn1ccnc1-c1nccc(CN)n1. The fourth-order valence-electron chi connectivity index (χ4n) is 1.20. The lowest BCUT2D eigenvalue weighted by Crippen LogP contribution is -2.03. The highest BCUT2D eigenvalue weighted by Gasteiger charge is 2.06. The Morgan fingerprint density at radius 1 is 1.36 bits per heavy atom. The van der Waals surface area contributed by atoms with Crippen LogP contribution in [0.2, 0.25) is 0 Å². The maximum atomic E-state index is 5.49. The van der Waals surface area contributed by atoms with E-state index in [1.165, 1.54) is 0 Å². The molecule has 14 heavy (non-hydrogen) atoms. The van der Waals surface area contributed by atoms with E-state index in [9.17, 15) is 0 Å². The first-order valence-corrected chi connectivity index (χ1v) is 4.31. The van der Waals surface area contributed by atoms with Gasteiger partial charge in [-0.25, -0.2) is 15.0 Å². The number of rotatable bonds is 2. The van der Waals surface area contributed by atoms with E-state index >= 15 is 0 Å². The molecule has 0 aliphatic carbocycles. The summed E-state index contributed by atoms with van der Waals surface area (Å²) in [4.78, 5) is 12.6. The van der Waals surface area contributed by atoms with E-state index in [0.717, 1.165) is 11.5 Å². The standard InChI is InChI=1S/C9H11N5/c1-14-5-4-12-9(14)8-11-3-2-7(6-10)13-8/h2-5H,6,10H2,1H3. The predicted octanol–water partition coefficient (Wildman–Crippen LogP) is 0.336. The number of hydrogen-bond donors (Lipinski definition) is 1. The molecule has 0 aliphatic heterocycles. The van der Waals surface area contributed by atoms with Crippen LogP contribution in [0.4, 0.5) is 0 Å². The first-order valence-electron chi connectivity index (χ1n) is 4.31. The Balaban J connectivity index is 2.47. The highest BCUT2D eigenvalue weighted by atomic mass is 15.1. The highest BCUT2D eigenvalue weighted by molar-refractivity contribution is 5.43. The monoisotopic (exact) mass is 189 g/mol. The third kappa shape index (κ3) is 1.49. The van der Waals surface area contributed by atoms with Gasteiger partial charge in [-0.15, -0.1) is 0 Å². The van der Waals surface area contributed by atoms with Gasteiger partial charge in [-0.3, -0.25) is 0 Å². The van der Waals surface area contributed by atoms with Crippen molar-refractivity contribution in [3.8, 4) is 11.6 Å².